The lowest BCUT2D eigenvalue weighted by atomic mass is 10.2. The number of methoxy groups -OCH3 is 2. The Morgan fingerprint density at radius 1 is 1.03 bits per heavy atom. The van der Waals surface area contributed by atoms with E-state index in [4.69, 9.17) is 14.5 Å². The first-order valence-corrected chi connectivity index (χ1v) is 11.5. The summed E-state index contributed by atoms with van der Waals surface area (Å²) in [5, 5.41) is 6.18. The first-order valence-electron chi connectivity index (χ1n) is 10.6. The highest BCUT2D eigenvalue weighted by molar-refractivity contribution is 7.13. The number of carbonyl (C=O) groups is 1. The number of aromatic nitrogens is 1. The lowest BCUT2D eigenvalue weighted by Crippen LogP contribution is -2.51. The van der Waals surface area contributed by atoms with Gasteiger partial charge >= 0.3 is 6.03 Å². The summed E-state index contributed by atoms with van der Waals surface area (Å²) in [5.74, 6) is 1.33. The molecular weight excluding hydrogens is 424 g/mol. The number of nitrogens with one attached hydrogen (secondary N) is 1. The molecule has 2 aromatic carbocycles. The zero-order valence-electron chi connectivity index (χ0n) is 18.4. The van der Waals surface area contributed by atoms with Gasteiger partial charge in [0.1, 0.15) is 5.01 Å². The van der Waals surface area contributed by atoms with Gasteiger partial charge in [-0.15, -0.1) is 11.3 Å². The highest BCUT2D eigenvalue weighted by Gasteiger charge is 2.21. The van der Waals surface area contributed by atoms with Gasteiger partial charge in [-0.1, -0.05) is 36.4 Å². The quantitative estimate of drug-likeness (QED) is 0.590. The number of thiazole rings is 1. The van der Waals surface area contributed by atoms with Crippen molar-refractivity contribution in [3.63, 3.8) is 0 Å². The molecule has 1 saturated heterocycles. The molecule has 1 aliphatic heterocycles. The van der Waals surface area contributed by atoms with Crippen molar-refractivity contribution in [2.75, 3.05) is 40.4 Å². The summed E-state index contributed by atoms with van der Waals surface area (Å²) in [4.78, 5) is 21.6. The van der Waals surface area contributed by atoms with E-state index in [-0.39, 0.29) is 6.03 Å². The maximum Gasteiger partial charge on any atom is 0.317 e. The van der Waals surface area contributed by atoms with E-state index in [0.717, 1.165) is 41.5 Å². The van der Waals surface area contributed by atoms with Crippen LogP contribution in [-0.4, -0.2) is 61.2 Å². The number of nitrogens with zero attached hydrogens (tertiary/aromatic N) is 3. The fraction of sp³-hybridized carbons (Fsp3) is 0.333. The minimum atomic E-state index is -0.0422. The van der Waals surface area contributed by atoms with E-state index in [0.29, 0.717) is 31.1 Å². The molecule has 168 valence electrons. The monoisotopic (exact) mass is 452 g/mol. The average molecular weight is 453 g/mol. The summed E-state index contributed by atoms with van der Waals surface area (Å²) in [6, 6.07) is 15.9. The fourth-order valence-corrected chi connectivity index (χ4v) is 4.53. The molecule has 2 heterocycles. The molecule has 0 aliphatic carbocycles. The van der Waals surface area contributed by atoms with Gasteiger partial charge in [-0.2, -0.15) is 0 Å². The van der Waals surface area contributed by atoms with Crippen LogP contribution in [0.2, 0.25) is 0 Å². The van der Waals surface area contributed by atoms with Crippen LogP contribution in [0, 0.1) is 0 Å². The van der Waals surface area contributed by atoms with Crippen LogP contribution in [0.15, 0.2) is 53.9 Å². The van der Waals surface area contributed by atoms with Crippen LogP contribution < -0.4 is 14.8 Å². The Balaban J connectivity index is 1.24. The van der Waals surface area contributed by atoms with Gasteiger partial charge in [-0.05, 0) is 17.7 Å². The molecule has 0 spiro atoms. The minimum absolute atomic E-state index is 0.0422. The van der Waals surface area contributed by atoms with Crippen molar-refractivity contribution >= 4 is 17.4 Å². The van der Waals surface area contributed by atoms with Gasteiger partial charge in [0.2, 0.25) is 0 Å². The Kier molecular flexibility index (Phi) is 7.24. The van der Waals surface area contributed by atoms with Crippen molar-refractivity contribution in [2.24, 2.45) is 0 Å². The van der Waals surface area contributed by atoms with Gasteiger partial charge in [-0.25, -0.2) is 9.78 Å². The molecule has 2 amide bonds. The Hall–Kier alpha value is -3.10. The fourth-order valence-electron chi connectivity index (χ4n) is 3.71. The smallest absolute Gasteiger partial charge is 0.317 e. The summed E-state index contributed by atoms with van der Waals surface area (Å²) in [6.07, 6.45) is 0. The van der Waals surface area contributed by atoms with E-state index in [1.165, 1.54) is 0 Å². The molecule has 0 radical (unpaired) electrons. The van der Waals surface area contributed by atoms with Crippen molar-refractivity contribution in [1.82, 2.24) is 20.1 Å². The molecule has 0 unspecified atom stereocenters. The summed E-state index contributed by atoms with van der Waals surface area (Å²) >= 11 is 1.68. The van der Waals surface area contributed by atoms with Crippen molar-refractivity contribution in [2.45, 2.75) is 13.1 Å². The van der Waals surface area contributed by atoms with E-state index >= 15 is 0 Å². The zero-order valence-corrected chi connectivity index (χ0v) is 19.2. The van der Waals surface area contributed by atoms with Gasteiger partial charge < -0.3 is 19.7 Å². The zero-order chi connectivity index (χ0) is 22.3. The van der Waals surface area contributed by atoms with Crippen LogP contribution in [-0.2, 0) is 13.1 Å². The van der Waals surface area contributed by atoms with Gasteiger partial charge in [0.25, 0.3) is 0 Å². The van der Waals surface area contributed by atoms with Crippen LogP contribution in [0.3, 0.4) is 0 Å². The summed E-state index contributed by atoms with van der Waals surface area (Å²) < 4.78 is 10.6. The van der Waals surface area contributed by atoms with Crippen LogP contribution in [0.25, 0.3) is 10.6 Å². The van der Waals surface area contributed by atoms with Gasteiger partial charge in [0, 0.05) is 50.2 Å². The van der Waals surface area contributed by atoms with E-state index < -0.39 is 0 Å². The largest absolute Gasteiger partial charge is 0.493 e. The highest BCUT2D eigenvalue weighted by atomic mass is 32.1. The van der Waals surface area contributed by atoms with Crippen LogP contribution in [0.1, 0.15) is 11.3 Å². The molecule has 1 aliphatic rings. The van der Waals surface area contributed by atoms with Gasteiger partial charge in [0.15, 0.2) is 11.5 Å². The number of urea groups is 1. The average Bonchev–Trinajstić information content (AvgIpc) is 3.31. The number of hydrogen-bond donors (Lipinski definition) is 1. The molecule has 0 saturated carbocycles. The van der Waals surface area contributed by atoms with Gasteiger partial charge in [-0.3, -0.25) is 4.90 Å². The van der Waals surface area contributed by atoms with Crippen molar-refractivity contribution in [3.05, 3.63) is 65.2 Å². The summed E-state index contributed by atoms with van der Waals surface area (Å²) in [5.41, 5.74) is 3.20. The van der Waals surface area contributed by atoms with E-state index in [1.54, 1.807) is 25.6 Å². The van der Waals surface area contributed by atoms with Gasteiger partial charge in [0.05, 0.1) is 19.9 Å². The molecule has 4 rings (SSSR count). The third-order valence-corrected chi connectivity index (χ3v) is 6.45. The molecule has 0 atom stereocenters. The summed E-state index contributed by atoms with van der Waals surface area (Å²) in [6.45, 7) is 4.33. The van der Waals surface area contributed by atoms with Crippen molar-refractivity contribution in [1.29, 1.82) is 0 Å². The highest BCUT2D eigenvalue weighted by Crippen LogP contribution is 2.27. The lowest BCUT2D eigenvalue weighted by Gasteiger charge is -2.34. The predicted molar refractivity (Wildman–Crippen MR) is 126 cm³/mol. The van der Waals surface area contributed by atoms with Crippen LogP contribution in [0.4, 0.5) is 4.79 Å². The Labute approximate surface area is 192 Å². The second kappa shape index (κ2) is 10.5. The molecule has 1 N–H and O–H groups in total. The van der Waals surface area contributed by atoms with E-state index in [2.05, 4.69) is 27.7 Å². The first-order chi connectivity index (χ1) is 15.7. The Morgan fingerprint density at radius 3 is 2.50 bits per heavy atom. The second-order valence-electron chi connectivity index (χ2n) is 7.62. The topological polar surface area (TPSA) is 66.9 Å². The molecule has 3 aromatic rings. The van der Waals surface area contributed by atoms with E-state index in [1.807, 2.05) is 41.3 Å². The summed E-state index contributed by atoms with van der Waals surface area (Å²) in [7, 11) is 3.21. The maximum atomic E-state index is 12.6. The molecular formula is C24H28N4O3S. The molecule has 7 nitrogen and oxygen atoms in total. The number of amides is 2. The molecule has 32 heavy (non-hydrogen) atoms. The first kappa shape index (κ1) is 22.1. The molecule has 8 heteroatoms. The molecule has 1 fully saturated rings. The van der Waals surface area contributed by atoms with Crippen molar-refractivity contribution in [3.8, 4) is 22.1 Å². The number of piperazine rings is 1. The third-order valence-electron chi connectivity index (χ3n) is 5.51. The Morgan fingerprint density at radius 2 is 1.78 bits per heavy atom. The number of benzene rings is 2. The normalized spacial score (nSPS) is 14.2. The van der Waals surface area contributed by atoms with Crippen LogP contribution in [0.5, 0.6) is 11.5 Å². The third kappa shape index (κ3) is 5.38. The van der Waals surface area contributed by atoms with E-state index in [9.17, 15) is 4.79 Å². The maximum absolute atomic E-state index is 12.6. The second-order valence-corrected chi connectivity index (χ2v) is 8.48. The number of hydrogen-bond acceptors (Lipinski definition) is 6. The number of ether oxygens (including phenoxy) is 2. The molecule has 1 aromatic heterocycles. The van der Waals surface area contributed by atoms with Crippen LogP contribution >= 0.6 is 11.3 Å². The number of carbonyl (C=O) groups excluding carboxylic acids is 1. The number of rotatable bonds is 7. The predicted octanol–water partition coefficient (Wildman–Crippen LogP) is 3.85. The lowest BCUT2D eigenvalue weighted by molar-refractivity contribution is 0.134. The minimum Gasteiger partial charge on any atom is -0.493 e. The SMILES string of the molecule is COc1ccc(CNC(=O)N2CCN(Cc3csc(-c4ccccc4)n3)CC2)cc1OC. The standard InChI is InChI=1S/C24H28N4O3S/c1-30-21-9-8-18(14-22(21)31-2)15-25-24(29)28-12-10-27(11-13-28)16-20-17-32-23(26-20)19-6-4-3-5-7-19/h3-9,14,17H,10-13,15-16H2,1-2H3,(H,25,29). The Bertz CT molecular complexity index is 1030. The molecule has 0 bridgehead atoms. The van der Waals surface area contributed by atoms with Crippen molar-refractivity contribution < 1.29 is 14.3 Å².